The normalized spacial score (nSPS) is 16.0. The van der Waals surface area contributed by atoms with Crippen molar-refractivity contribution in [2.24, 2.45) is 5.92 Å². The Labute approximate surface area is 179 Å². The molecule has 0 aliphatic carbocycles. The average molecular weight is 421 g/mol. The molecule has 4 rings (SSSR count). The van der Waals surface area contributed by atoms with Gasteiger partial charge in [-0.05, 0) is 49.2 Å². The summed E-state index contributed by atoms with van der Waals surface area (Å²) in [6.07, 6.45) is 1.13. The molecule has 2 aliphatic heterocycles. The third kappa shape index (κ3) is 4.58. The minimum Gasteiger partial charge on any atom is -0.482 e. The lowest BCUT2D eigenvalue weighted by Crippen LogP contribution is -2.40. The summed E-state index contributed by atoms with van der Waals surface area (Å²) in [5.74, 6) is -0.191. The predicted molar refractivity (Wildman–Crippen MR) is 114 cm³/mol. The molecule has 8 nitrogen and oxygen atoms in total. The lowest BCUT2D eigenvalue weighted by molar-refractivity contribution is -0.118. The van der Waals surface area contributed by atoms with Crippen molar-refractivity contribution in [2.75, 3.05) is 30.3 Å². The summed E-state index contributed by atoms with van der Waals surface area (Å²) in [5, 5.41) is 5.40. The number of carbonyl (C=O) groups excluding carboxylic acids is 4. The Morgan fingerprint density at radius 1 is 1.06 bits per heavy atom. The van der Waals surface area contributed by atoms with Crippen molar-refractivity contribution >= 4 is 34.9 Å². The van der Waals surface area contributed by atoms with Crippen LogP contribution in [0, 0.1) is 5.92 Å². The standard InChI is InChI=1S/C23H23N3O5/c1-14(27)24-18-4-2-3-17(11-18)23(30)26-9-7-15(8-10-26)22(29)16-5-6-20-19(12-16)25-21(28)13-31-20/h2-6,11-12,15H,7-10,13H2,1H3,(H,24,27)(H,25,28). The van der Waals surface area contributed by atoms with Crippen LogP contribution in [0.15, 0.2) is 42.5 Å². The molecule has 2 heterocycles. The van der Waals surface area contributed by atoms with Gasteiger partial charge in [0.2, 0.25) is 5.91 Å². The van der Waals surface area contributed by atoms with Crippen LogP contribution in [0.2, 0.25) is 0 Å². The molecule has 2 aromatic rings. The number of Topliss-reactive ketones (excluding diaryl/α,β-unsaturated/α-hetero) is 1. The number of nitrogens with zero attached hydrogens (tertiary/aromatic N) is 1. The fraction of sp³-hybridized carbons (Fsp3) is 0.304. The number of hydrogen-bond acceptors (Lipinski definition) is 5. The topological polar surface area (TPSA) is 105 Å². The van der Waals surface area contributed by atoms with Crippen LogP contribution in [-0.4, -0.2) is 48.1 Å². The summed E-state index contributed by atoms with van der Waals surface area (Å²) in [4.78, 5) is 50.3. The monoisotopic (exact) mass is 421 g/mol. The number of fused-ring (bicyclic) bond motifs is 1. The highest BCUT2D eigenvalue weighted by atomic mass is 16.5. The SMILES string of the molecule is CC(=O)Nc1cccc(C(=O)N2CCC(C(=O)c3ccc4c(c3)NC(=O)CO4)CC2)c1. The second-order valence-electron chi connectivity index (χ2n) is 7.74. The van der Waals surface area contributed by atoms with Crippen LogP contribution >= 0.6 is 0 Å². The largest absolute Gasteiger partial charge is 0.482 e. The Hall–Kier alpha value is -3.68. The molecule has 0 radical (unpaired) electrons. The van der Waals surface area contributed by atoms with Gasteiger partial charge < -0.3 is 20.3 Å². The number of anilines is 2. The third-order valence-corrected chi connectivity index (χ3v) is 5.48. The molecule has 1 fully saturated rings. The molecule has 2 aromatic carbocycles. The zero-order valence-corrected chi connectivity index (χ0v) is 17.1. The second-order valence-corrected chi connectivity index (χ2v) is 7.74. The number of nitrogens with one attached hydrogen (secondary N) is 2. The first-order valence-electron chi connectivity index (χ1n) is 10.2. The Morgan fingerprint density at radius 2 is 1.84 bits per heavy atom. The minimum absolute atomic E-state index is 0.00220. The quantitative estimate of drug-likeness (QED) is 0.739. The molecule has 0 aromatic heterocycles. The number of amides is 3. The molecular weight excluding hydrogens is 398 g/mol. The Morgan fingerprint density at radius 3 is 2.58 bits per heavy atom. The Balaban J connectivity index is 1.39. The van der Waals surface area contributed by atoms with Gasteiger partial charge >= 0.3 is 0 Å². The highest BCUT2D eigenvalue weighted by Gasteiger charge is 2.29. The highest BCUT2D eigenvalue weighted by molar-refractivity contribution is 6.02. The van der Waals surface area contributed by atoms with E-state index in [1.165, 1.54) is 6.92 Å². The van der Waals surface area contributed by atoms with Crippen LogP contribution in [0.5, 0.6) is 5.75 Å². The van der Waals surface area contributed by atoms with E-state index in [2.05, 4.69) is 10.6 Å². The maximum Gasteiger partial charge on any atom is 0.262 e. The number of piperidine rings is 1. The Bertz CT molecular complexity index is 1060. The van der Waals surface area contributed by atoms with Crippen molar-refractivity contribution in [1.82, 2.24) is 4.90 Å². The highest BCUT2D eigenvalue weighted by Crippen LogP contribution is 2.31. The van der Waals surface area contributed by atoms with E-state index in [1.54, 1.807) is 47.4 Å². The predicted octanol–water partition coefficient (Wildman–Crippen LogP) is 2.71. The van der Waals surface area contributed by atoms with Crippen molar-refractivity contribution in [2.45, 2.75) is 19.8 Å². The van der Waals surface area contributed by atoms with Gasteiger partial charge in [0, 0.05) is 42.7 Å². The smallest absolute Gasteiger partial charge is 0.262 e. The van der Waals surface area contributed by atoms with E-state index in [1.807, 2.05) is 0 Å². The molecule has 3 amide bonds. The summed E-state index contributed by atoms with van der Waals surface area (Å²) >= 11 is 0. The van der Waals surface area contributed by atoms with Crippen LogP contribution in [0.25, 0.3) is 0 Å². The fourth-order valence-corrected chi connectivity index (χ4v) is 3.93. The maximum atomic E-state index is 13.0. The molecule has 0 unspecified atom stereocenters. The van der Waals surface area contributed by atoms with E-state index < -0.39 is 0 Å². The van der Waals surface area contributed by atoms with Crippen LogP contribution in [0.3, 0.4) is 0 Å². The van der Waals surface area contributed by atoms with Crippen LogP contribution in [0.4, 0.5) is 11.4 Å². The van der Waals surface area contributed by atoms with Crippen LogP contribution in [-0.2, 0) is 9.59 Å². The summed E-state index contributed by atoms with van der Waals surface area (Å²) in [5.41, 5.74) is 2.11. The minimum atomic E-state index is -0.244. The van der Waals surface area contributed by atoms with Crippen molar-refractivity contribution in [3.8, 4) is 5.75 Å². The number of ether oxygens (including phenoxy) is 1. The molecular formula is C23H23N3O5. The van der Waals surface area contributed by atoms with Crippen molar-refractivity contribution in [3.05, 3.63) is 53.6 Å². The van der Waals surface area contributed by atoms with Gasteiger partial charge in [-0.25, -0.2) is 0 Å². The number of likely N-dealkylation sites (tertiary alicyclic amines) is 1. The molecule has 31 heavy (non-hydrogen) atoms. The third-order valence-electron chi connectivity index (χ3n) is 5.48. The molecule has 160 valence electrons. The van der Waals surface area contributed by atoms with E-state index in [0.29, 0.717) is 54.2 Å². The van der Waals surface area contributed by atoms with Crippen LogP contribution in [0.1, 0.15) is 40.5 Å². The average Bonchev–Trinajstić information content (AvgIpc) is 2.77. The van der Waals surface area contributed by atoms with E-state index in [4.69, 9.17) is 4.74 Å². The lowest BCUT2D eigenvalue weighted by atomic mass is 9.88. The number of benzene rings is 2. The molecule has 0 atom stereocenters. The molecule has 2 aliphatic rings. The summed E-state index contributed by atoms with van der Waals surface area (Å²) in [6.45, 7) is 2.34. The first kappa shape index (κ1) is 20.6. The van der Waals surface area contributed by atoms with Gasteiger partial charge in [-0.2, -0.15) is 0 Å². The van der Waals surface area contributed by atoms with Gasteiger partial charge in [0.1, 0.15) is 5.75 Å². The van der Waals surface area contributed by atoms with Crippen molar-refractivity contribution in [3.63, 3.8) is 0 Å². The van der Waals surface area contributed by atoms with Crippen molar-refractivity contribution in [1.29, 1.82) is 0 Å². The van der Waals surface area contributed by atoms with E-state index in [9.17, 15) is 19.2 Å². The summed E-state index contributed by atoms with van der Waals surface area (Å²) in [7, 11) is 0. The maximum absolute atomic E-state index is 13.0. The summed E-state index contributed by atoms with van der Waals surface area (Å²) in [6, 6.07) is 11.9. The number of carbonyl (C=O) groups is 4. The first-order chi connectivity index (χ1) is 14.9. The number of ketones is 1. The van der Waals surface area contributed by atoms with Gasteiger partial charge in [-0.1, -0.05) is 6.07 Å². The number of hydrogen-bond donors (Lipinski definition) is 2. The van der Waals surface area contributed by atoms with Crippen LogP contribution < -0.4 is 15.4 Å². The van der Waals surface area contributed by atoms with E-state index in [-0.39, 0.29) is 36.0 Å². The van der Waals surface area contributed by atoms with Gasteiger partial charge in [0.15, 0.2) is 12.4 Å². The molecule has 0 spiro atoms. The molecule has 0 saturated carbocycles. The molecule has 1 saturated heterocycles. The fourth-order valence-electron chi connectivity index (χ4n) is 3.93. The van der Waals surface area contributed by atoms with Gasteiger partial charge in [0.25, 0.3) is 11.8 Å². The van der Waals surface area contributed by atoms with Gasteiger partial charge in [-0.15, -0.1) is 0 Å². The molecule has 8 heteroatoms. The van der Waals surface area contributed by atoms with Crippen molar-refractivity contribution < 1.29 is 23.9 Å². The first-order valence-corrected chi connectivity index (χ1v) is 10.2. The van der Waals surface area contributed by atoms with Gasteiger partial charge in [0.05, 0.1) is 5.69 Å². The Kier molecular flexibility index (Phi) is 5.70. The molecule has 0 bridgehead atoms. The van der Waals surface area contributed by atoms with E-state index in [0.717, 1.165) is 0 Å². The van der Waals surface area contributed by atoms with E-state index >= 15 is 0 Å². The zero-order chi connectivity index (χ0) is 22.0. The summed E-state index contributed by atoms with van der Waals surface area (Å²) < 4.78 is 5.34. The zero-order valence-electron chi connectivity index (χ0n) is 17.1. The second kappa shape index (κ2) is 8.59. The number of rotatable bonds is 4. The lowest BCUT2D eigenvalue weighted by Gasteiger charge is -2.31. The molecule has 2 N–H and O–H groups in total. The van der Waals surface area contributed by atoms with Gasteiger partial charge in [-0.3, -0.25) is 19.2 Å².